The number of pyridine rings is 2. The molecule has 3 aromatic heterocycles. The second-order valence-electron chi connectivity index (χ2n) is 10.1. The van der Waals surface area contributed by atoms with Crippen molar-refractivity contribution < 1.29 is 17.9 Å². The Morgan fingerprint density at radius 1 is 1.00 bits per heavy atom. The predicted octanol–water partition coefficient (Wildman–Crippen LogP) is 4.27. The Morgan fingerprint density at radius 3 is 2.46 bits per heavy atom. The molecule has 4 heterocycles. The van der Waals surface area contributed by atoms with Crippen molar-refractivity contribution in [2.24, 2.45) is 0 Å². The Morgan fingerprint density at radius 2 is 1.78 bits per heavy atom. The maximum Gasteiger partial charge on any atom is 0.324 e. The van der Waals surface area contributed by atoms with Gasteiger partial charge in [0.2, 0.25) is 0 Å². The Kier molecular flexibility index (Phi) is 7.10. The standard InChI is InChI=1S/C29H29N7O4S/c1-20-19-40-17-16-36(20)26-18-24(29(11-12-29)41(38,39)23-9-14-30-15-10-23)33-27(35-26)21-5-7-22(8-6-21)32-28(37)34-25-4-2-3-13-31-25/h2-10,13-15,18,20H,11-12,16-17,19H2,1H3,(H2,31,32,34,37)/t20-/m0/s1. The van der Waals surface area contributed by atoms with Crippen molar-refractivity contribution in [2.45, 2.75) is 35.4 Å². The third-order valence-electron chi connectivity index (χ3n) is 7.33. The first-order valence-corrected chi connectivity index (χ1v) is 14.8. The highest BCUT2D eigenvalue weighted by Crippen LogP contribution is 2.55. The molecule has 1 aromatic carbocycles. The van der Waals surface area contributed by atoms with Gasteiger partial charge in [-0.2, -0.15) is 0 Å². The molecule has 1 saturated heterocycles. The first-order valence-electron chi connectivity index (χ1n) is 13.3. The van der Waals surface area contributed by atoms with E-state index in [1.807, 2.05) is 6.07 Å². The van der Waals surface area contributed by atoms with Crippen LogP contribution in [-0.4, -0.2) is 60.2 Å². The molecule has 210 valence electrons. The van der Waals surface area contributed by atoms with Crippen molar-refractivity contribution in [3.63, 3.8) is 0 Å². The fourth-order valence-corrected chi connectivity index (χ4v) is 6.90. The number of carbonyl (C=O) groups excluding carboxylic acids is 1. The minimum absolute atomic E-state index is 0.0653. The zero-order chi connectivity index (χ0) is 28.5. The van der Waals surface area contributed by atoms with Gasteiger partial charge in [0.1, 0.15) is 16.4 Å². The van der Waals surface area contributed by atoms with E-state index in [1.54, 1.807) is 48.7 Å². The molecule has 0 spiro atoms. The monoisotopic (exact) mass is 571 g/mol. The Bertz CT molecular complexity index is 1650. The van der Waals surface area contributed by atoms with Crippen LogP contribution in [0.15, 0.2) is 84.1 Å². The van der Waals surface area contributed by atoms with Gasteiger partial charge in [0.25, 0.3) is 0 Å². The van der Waals surface area contributed by atoms with Gasteiger partial charge in [-0.3, -0.25) is 10.3 Å². The van der Waals surface area contributed by atoms with Crippen LogP contribution in [0.5, 0.6) is 0 Å². The van der Waals surface area contributed by atoms with Crippen molar-refractivity contribution in [3.8, 4) is 11.4 Å². The van der Waals surface area contributed by atoms with Gasteiger partial charge >= 0.3 is 6.03 Å². The van der Waals surface area contributed by atoms with E-state index in [4.69, 9.17) is 14.7 Å². The molecule has 2 fully saturated rings. The lowest BCUT2D eigenvalue weighted by Crippen LogP contribution is -2.44. The highest BCUT2D eigenvalue weighted by Gasteiger charge is 2.58. The molecule has 12 heteroatoms. The van der Waals surface area contributed by atoms with Crippen LogP contribution in [0.2, 0.25) is 0 Å². The molecule has 4 aromatic rings. The second-order valence-corrected chi connectivity index (χ2v) is 12.4. The molecule has 0 bridgehead atoms. The molecule has 41 heavy (non-hydrogen) atoms. The second kappa shape index (κ2) is 10.9. The van der Waals surface area contributed by atoms with Gasteiger partial charge in [0.05, 0.1) is 29.8 Å². The average molecular weight is 572 g/mol. The molecule has 2 N–H and O–H groups in total. The van der Waals surface area contributed by atoms with Crippen LogP contribution in [0, 0.1) is 0 Å². The summed E-state index contributed by atoms with van der Waals surface area (Å²) in [6.45, 7) is 3.80. The van der Waals surface area contributed by atoms with E-state index in [1.165, 1.54) is 24.5 Å². The summed E-state index contributed by atoms with van der Waals surface area (Å²) in [5.41, 5.74) is 1.74. The molecule has 1 atom stereocenters. The van der Waals surface area contributed by atoms with Crippen LogP contribution >= 0.6 is 0 Å². The number of ether oxygens (including phenoxy) is 1. The van der Waals surface area contributed by atoms with E-state index < -0.39 is 20.6 Å². The number of anilines is 3. The number of nitrogens with one attached hydrogen (secondary N) is 2. The summed E-state index contributed by atoms with van der Waals surface area (Å²) in [6.07, 6.45) is 5.52. The summed E-state index contributed by atoms with van der Waals surface area (Å²) in [7, 11) is -3.72. The largest absolute Gasteiger partial charge is 0.377 e. The number of carbonyl (C=O) groups is 1. The SMILES string of the molecule is C[C@H]1COCCN1c1cc(C2(S(=O)(=O)c3ccncc3)CC2)nc(-c2ccc(NC(=O)Nc3ccccn3)cc2)n1. The van der Waals surface area contributed by atoms with Gasteiger partial charge in [-0.1, -0.05) is 6.07 Å². The highest BCUT2D eigenvalue weighted by molar-refractivity contribution is 7.92. The summed E-state index contributed by atoms with van der Waals surface area (Å²) < 4.78 is 32.1. The number of sulfone groups is 1. The van der Waals surface area contributed by atoms with Crippen LogP contribution in [0.3, 0.4) is 0 Å². The van der Waals surface area contributed by atoms with Crippen LogP contribution in [-0.2, 0) is 19.3 Å². The van der Waals surface area contributed by atoms with E-state index in [-0.39, 0.29) is 10.9 Å². The number of hydrogen-bond donors (Lipinski definition) is 2. The molecular weight excluding hydrogens is 542 g/mol. The van der Waals surface area contributed by atoms with Gasteiger partial charge < -0.3 is 15.0 Å². The quantitative estimate of drug-likeness (QED) is 0.333. The summed E-state index contributed by atoms with van der Waals surface area (Å²) >= 11 is 0. The van der Waals surface area contributed by atoms with Crippen molar-refractivity contribution in [3.05, 3.63) is 84.9 Å². The summed E-state index contributed by atoms with van der Waals surface area (Å²) in [6, 6.07) is 16.9. The van der Waals surface area contributed by atoms with Crippen molar-refractivity contribution >= 4 is 33.2 Å². The smallest absolute Gasteiger partial charge is 0.324 e. The zero-order valence-electron chi connectivity index (χ0n) is 22.4. The number of amides is 2. The number of urea groups is 1. The number of aromatic nitrogens is 4. The Labute approximate surface area is 238 Å². The first-order chi connectivity index (χ1) is 19.9. The Hall–Kier alpha value is -4.42. The predicted molar refractivity (Wildman–Crippen MR) is 154 cm³/mol. The van der Waals surface area contributed by atoms with Gasteiger partial charge in [-0.15, -0.1) is 0 Å². The van der Waals surface area contributed by atoms with Crippen LogP contribution in [0.25, 0.3) is 11.4 Å². The molecule has 11 nitrogen and oxygen atoms in total. The molecule has 0 unspecified atom stereocenters. The van der Waals surface area contributed by atoms with Gasteiger partial charge in [0, 0.05) is 42.5 Å². The maximum absolute atomic E-state index is 13.8. The Balaban J connectivity index is 1.33. The minimum atomic E-state index is -3.72. The van der Waals surface area contributed by atoms with Gasteiger partial charge in [0.15, 0.2) is 15.7 Å². The molecule has 2 aliphatic rings. The van der Waals surface area contributed by atoms with Crippen molar-refractivity contribution in [2.75, 3.05) is 35.3 Å². The first kappa shape index (κ1) is 26.8. The molecule has 2 amide bonds. The highest BCUT2D eigenvalue weighted by atomic mass is 32.2. The van der Waals surface area contributed by atoms with Crippen LogP contribution in [0.4, 0.5) is 22.1 Å². The number of hydrogen-bond acceptors (Lipinski definition) is 9. The van der Waals surface area contributed by atoms with Crippen LogP contribution < -0.4 is 15.5 Å². The lowest BCUT2D eigenvalue weighted by Gasteiger charge is -2.34. The number of rotatable bonds is 7. The van der Waals surface area contributed by atoms with E-state index in [0.717, 1.165) is 0 Å². The van der Waals surface area contributed by atoms with Crippen molar-refractivity contribution in [1.82, 2.24) is 19.9 Å². The molecule has 1 aliphatic heterocycles. The van der Waals surface area contributed by atoms with Crippen LogP contribution in [0.1, 0.15) is 25.5 Å². The third kappa shape index (κ3) is 5.35. The van der Waals surface area contributed by atoms with E-state index >= 15 is 0 Å². The number of nitrogens with zero attached hydrogens (tertiary/aromatic N) is 5. The van der Waals surface area contributed by atoms with E-state index in [0.29, 0.717) is 67.0 Å². The number of benzene rings is 1. The minimum Gasteiger partial charge on any atom is -0.377 e. The maximum atomic E-state index is 13.8. The summed E-state index contributed by atoms with van der Waals surface area (Å²) in [5, 5.41) is 5.47. The normalized spacial score (nSPS) is 18.0. The summed E-state index contributed by atoms with van der Waals surface area (Å²) in [4.78, 5) is 32.5. The molecule has 1 aliphatic carbocycles. The van der Waals surface area contributed by atoms with E-state index in [2.05, 4.69) is 32.4 Å². The fourth-order valence-electron chi connectivity index (χ4n) is 4.95. The zero-order valence-corrected chi connectivity index (χ0v) is 23.2. The van der Waals surface area contributed by atoms with E-state index in [9.17, 15) is 13.2 Å². The molecule has 1 saturated carbocycles. The van der Waals surface area contributed by atoms with Gasteiger partial charge in [-0.05, 0) is 68.3 Å². The number of morpholine rings is 1. The third-order valence-corrected chi connectivity index (χ3v) is 9.87. The summed E-state index contributed by atoms with van der Waals surface area (Å²) in [5.74, 6) is 1.51. The molecular formula is C29H29N7O4S. The molecule has 0 radical (unpaired) electrons. The lowest BCUT2D eigenvalue weighted by molar-refractivity contribution is 0.0985. The van der Waals surface area contributed by atoms with Gasteiger partial charge in [-0.25, -0.2) is 28.2 Å². The molecule has 6 rings (SSSR count). The fraction of sp³-hybridized carbons (Fsp3) is 0.276. The average Bonchev–Trinajstić information content (AvgIpc) is 3.82. The van der Waals surface area contributed by atoms with Crippen molar-refractivity contribution in [1.29, 1.82) is 0 Å². The lowest BCUT2D eigenvalue weighted by atomic mass is 10.1. The topological polar surface area (TPSA) is 139 Å².